The van der Waals surface area contributed by atoms with Crippen molar-refractivity contribution in [2.24, 2.45) is 0 Å². The second kappa shape index (κ2) is 5.56. The minimum Gasteiger partial charge on any atom is -0.489 e. The van der Waals surface area contributed by atoms with Crippen molar-refractivity contribution in [3.63, 3.8) is 0 Å². The first-order valence-electron chi connectivity index (χ1n) is 5.28. The number of ether oxygens (including phenoxy) is 1. The SMILES string of the molecule is Cc1ccc(COc2cccc(Br)c2)c(Cl)c1. The Morgan fingerprint density at radius 3 is 2.71 bits per heavy atom. The molecule has 0 fully saturated rings. The summed E-state index contributed by atoms with van der Waals surface area (Å²) in [4.78, 5) is 0. The molecule has 2 aromatic rings. The molecule has 0 heterocycles. The molecular formula is C14H12BrClO. The quantitative estimate of drug-likeness (QED) is 0.776. The lowest BCUT2D eigenvalue weighted by molar-refractivity contribution is 0.306. The van der Waals surface area contributed by atoms with Crippen molar-refractivity contribution in [3.05, 3.63) is 63.1 Å². The minimum atomic E-state index is 0.482. The maximum absolute atomic E-state index is 6.14. The van der Waals surface area contributed by atoms with Crippen molar-refractivity contribution in [2.75, 3.05) is 0 Å². The van der Waals surface area contributed by atoms with E-state index in [9.17, 15) is 0 Å². The lowest BCUT2D eigenvalue weighted by Crippen LogP contribution is -1.96. The third kappa shape index (κ3) is 3.48. The van der Waals surface area contributed by atoms with Crippen LogP contribution in [0.5, 0.6) is 5.75 Å². The molecule has 2 aromatic carbocycles. The van der Waals surface area contributed by atoms with E-state index in [2.05, 4.69) is 15.9 Å². The van der Waals surface area contributed by atoms with Crippen LogP contribution >= 0.6 is 27.5 Å². The van der Waals surface area contributed by atoms with Crippen molar-refractivity contribution in [1.29, 1.82) is 0 Å². The van der Waals surface area contributed by atoms with Gasteiger partial charge in [-0.2, -0.15) is 0 Å². The van der Waals surface area contributed by atoms with Gasteiger partial charge in [0.15, 0.2) is 0 Å². The second-order valence-electron chi connectivity index (χ2n) is 3.84. The average molecular weight is 312 g/mol. The maximum atomic E-state index is 6.14. The van der Waals surface area contributed by atoms with Crippen LogP contribution in [0.25, 0.3) is 0 Å². The van der Waals surface area contributed by atoms with Crippen LogP contribution in [0.15, 0.2) is 46.9 Å². The van der Waals surface area contributed by atoms with Crippen LogP contribution in [0.3, 0.4) is 0 Å². The fourth-order valence-corrected chi connectivity index (χ4v) is 2.16. The second-order valence-corrected chi connectivity index (χ2v) is 5.16. The number of hydrogen-bond donors (Lipinski definition) is 0. The summed E-state index contributed by atoms with van der Waals surface area (Å²) in [7, 11) is 0. The van der Waals surface area contributed by atoms with Crippen LogP contribution in [-0.4, -0.2) is 0 Å². The number of hydrogen-bond acceptors (Lipinski definition) is 1. The maximum Gasteiger partial charge on any atom is 0.120 e. The predicted octanol–water partition coefficient (Wildman–Crippen LogP) is 4.99. The summed E-state index contributed by atoms with van der Waals surface area (Å²) in [6.45, 7) is 2.50. The minimum absolute atomic E-state index is 0.482. The molecule has 0 aromatic heterocycles. The summed E-state index contributed by atoms with van der Waals surface area (Å²) >= 11 is 9.54. The highest BCUT2D eigenvalue weighted by Crippen LogP contribution is 2.22. The molecule has 0 spiro atoms. The molecule has 0 radical (unpaired) electrons. The third-order valence-corrected chi connectivity index (χ3v) is 3.24. The van der Waals surface area contributed by atoms with E-state index in [1.165, 1.54) is 0 Å². The molecule has 0 amide bonds. The van der Waals surface area contributed by atoms with Crippen molar-refractivity contribution in [1.82, 2.24) is 0 Å². The Hall–Kier alpha value is -0.990. The number of aryl methyl sites for hydroxylation is 1. The van der Waals surface area contributed by atoms with E-state index in [4.69, 9.17) is 16.3 Å². The molecule has 0 unspecified atom stereocenters. The van der Waals surface area contributed by atoms with E-state index in [1.54, 1.807) is 0 Å². The van der Waals surface area contributed by atoms with Crippen LogP contribution in [0, 0.1) is 6.92 Å². The zero-order chi connectivity index (χ0) is 12.3. The predicted molar refractivity (Wildman–Crippen MR) is 74.7 cm³/mol. The zero-order valence-electron chi connectivity index (χ0n) is 9.41. The normalized spacial score (nSPS) is 10.3. The first kappa shape index (κ1) is 12.5. The first-order chi connectivity index (χ1) is 8.15. The Bertz CT molecular complexity index is 525. The molecule has 0 aliphatic heterocycles. The van der Waals surface area contributed by atoms with E-state index < -0.39 is 0 Å². The van der Waals surface area contributed by atoms with Gasteiger partial charge in [-0.15, -0.1) is 0 Å². The summed E-state index contributed by atoms with van der Waals surface area (Å²) < 4.78 is 6.68. The molecule has 0 aliphatic carbocycles. The molecule has 0 aliphatic rings. The smallest absolute Gasteiger partial charge is 0.120 e. The molecule has 0 bridgehead atoms. The van der Waals surface area contributed by atoms with Crippen LogP contribution in [0.1, 0.15) is 11.1 Å². The van der Waals surface area contributed by atoms with Gasteiger partial charge in [0.2, 0.25) is 0 Å². The van der Waals surface area contributed by atoms with E-state index in [0.717, 1.165) is 26.4 Å². The lowest BCUT2D eigenvalue weighted by atomic mass is 10.2. The van der Waals surface area contributed by atoms with Gasteiger partial charge in [-0.1, -0.05) is 45.7 Å². The highest BCUT2D eigenvalue weighted by atomic mass is 79.9. The highest BCUT2D eigenvalue weighted by Gasteiger charge is 2.02. The number of halogens is 2. The number of benzene rings is 2. The third-order valence-electron chi connectivity index (χ3n) is 2.40. The fourth-order valence-electron chi connectivity index (χ4n) is 1.49. The highest BCUT2D eigenvalue weighted by molar-refractivity contribution is 9.10. The largest absolute Gasteiger partial charge is 0.489 e. The van der Waals surface area contributed by atoms with Crippen molar-refractivity contribution in [3.8, 4) is 5.75 Å². The van der Waals surface area contributed by atoms with Gasteiger partial charge in [-0.05, 0) is 36.8 Å². The summed E-state index contributed by atoms with van der Waals surface area (Å²) in [5, 5.41) is 0.750. The Kier molecular flexibility index (Phi) is 4.08. The van der Waals surface area contributed by atoms with Crippen molar-refractivity contribution >= 4 is 27.5 Å². The molecule has 0 saturated carbocycles. The van der Waals surface area contributed by atoms with Crippen LogP contribution in [0.4, 0.5) is 0 Å². The van der Waals surface area contributed by atoms with Gasteiger partial charge in [0, 0.05) is 15.1 Å². The van der Waals surface area contributed by atoms with E-state index in [1.807, 2.05) is 49.4 Å². The zero-order valence-corrected chi connectivity index (χ0v) is 11.8. The molecule has 0 saturated heterocycles. The lowest BCUT2D eigenvalue weighted by Gasteiger charge is -2.08. The van der Waals surface area contributed by atoms with Crippen LogP contribution in [-0.2, 0) is 6.61 Å². The monoisotopic (exact) mass is 310 g/mol. The van der Waals surface area contributed by atoms with Gasteiger partial charge in [-0.3, -0.25) is 0 Å². The molecule has 88 valence electrons. The van der Waals surface area contributed by atoms with Gasteiger partial charge in [0.25, 0.3) is 0 Å². The molecular weight excluding hydrogens is 300 g/mol. The summed E-state index contributed by atoms with van der Waals surface area (Å²) in [6.07, 6.45) is 0. The molecule has 3 heteroatoms. The van der Waals surface area contributed by atoms with E-state index in [-0.39, 0.29) is 0 Å². The average Bonchev–Trinajstić information content (AvgIpc) is 2.28. The molecule has 2 rings (SSSR count). The Labute approximate surface area is 115 Å². The topological polar surface area (TPSA) is 9.23 Å². The Morgan fingerprint density at radius 1 is 1.18 bits per heavy atom. The summed E-state index contributed by atoms with van der Waals surface area (Å²) in [5.41, 5.74) is 2.15. The van der Waals surface area contributed by atoms with Crippen molar-refractivity contribution in [2.45, 2.75) is 13.5 Å². The standard InChI is InChI=1S/C14H12BrClO/c1-10-5-6-11(14(16)7-10)9-17-13-4-2-3-12(15)8-13/h2-8H,9H2,1H3. The fraction of sp³-hybridized carbons (Fsp3) is 0.143. The summed E-state index contributed by atoms with van der Waals surface area (Å²) in [6, 6.07) is 13.7. The number of rotatable bonds is 3. The molecule has 17 heavy (non-hydrogen) atoms. The van der Waals surface area contributed by atoms with Gasteiger partial charge < -0.3 is 4.74 Å². The molecule has 1 nitrogen and oxygen atoms in total. The van der Waals surface area contributed by atoms with Gasteiger partial charge >= 0.3 is 0 Å². The Morgan fingerprint density at radius 2 is 2.00 bits per heavy atom. The van der Waals surface area contributed by atoms with Gasteiger partial charge in [-0.25, -0.2) is 0 Å². The Balaban J connectivity index is 2.07. The first-order valence-corrected chi connectivity index (χ1v) is 6.45. The van der Waals surface area contributed by atoms with Gasteiger partial charge in [0.05, 0.1) is 0 Å². The molecule has 0 N–H and O–H groups in total. The van der Waals surface area contributed by atoms with E-state index in [0.29, 0.717) is 6.61 Å². The molecule has 0 atom stereocenters. The van der Waals surface area contributed by atoms with Gasteiger partial charge in [0.1, 0.15) is 12.4 Å². The summed E-state index contributed by atoms with van der Waals surface area (Å²) in [5.74, 6) is 0.830. The van der Waals surface area contributed by atoms with Crippen LogP contribution in [0.2, 0.25) is 5.02 Å². The van der Waals surface area contributed by atoms with E-state index >= 15 is 0 Å². The van der Waals surface area contributed by atoms with Crippen LogP contribution < -0.4 is 4.74 Å². The van der Waals surface area contributed by atoms with Crippen molar-refractivity contribution < 1.29 is 4.74 Å².